The molecule has 2 aliphatic heterocycles. The topological polar surface area (TPSA) is 51.2 Å². The minimum atomic E-state index is -0.193. The van der Waals surface area contributed by atoms with Crippen molar-refractivity contribution in [3.8, 4) is 11.5 Å². The maximum absolute atomic E-state index is 11.9. The first-order valence-electron chi connectivity index (χ1n) is 8.25. The predicted octanol–water partition coefficient (Wildman–Crippen LogP) is 1.53. The molecule has 3 rings (SSSR count). The van der Waals surface area contributed by atoms with Gasteiger partial charge in [-0.1, -0.05) is 6.07 Å². The van der Waals surface area contributed by atoms with E-state index in [1.165, 1.54) is 0 Å². The molecule has 0 aliphatic carbocycles. The Labute approximate surface area is 136 Å². The number of ether oxygens (including phenoxy) is 3. The van der Waals surface area contributed by atoms with Crippen LogP contribution in [0.15, 0.2) is 18.2 Å². The zero-order valence-corrected chi connectivity index (χ0v) is 13.8. The Hall–Kier alpha value is -1.95. The Morgan fingerprint density at radius 2 is 1.96 bits per heavy atom. The fraction of sp³-hybridized carbons (Fsp3) is 0.588. The van der Waals surface area contributed by atoms with Crippen LogP contribution in [0.3, 0.4) is 0 Å². The summed E-state index contributed by atoms with van der Waals surface area (Å²) in [6.45, 7) is 8.71. The quantitative estimate of drug-likeness (QED) is 0.784. The Bertz CT molecular complexity index is 556. The summed E-state index contributed by atoms with van der Waals surface area (Å²) in [7, 11) is 0. The lowest BCUT2D eigenvalue weighted by molar-refractivity contribution is -0.149. The van der Waals surface area contributed by atoms with Gasteiger partial charge >= 0.3 is 5.97 Å². The highest BCUT2D eigenvalue weighted by Gasteiger charge is 2.28. The van der Waals surface area contributed by atoms with Crippen molar-refractivity contribution >= 4 is 11.7 Å². The molecule has 126 valence electrons. The standard InChI is InChI=1S/C17H24N2O4/c1-3-21-17(20)13(2)18-7-9-19(10-8-18)14-5-4-6-15-16(14)23-12-11-22-15/h4-6,13H,3,7-12H2,1-2H3. The SMILES string of the molecule is CCOC(=O)C(C)N1CCN(c2cccc3c2OCCO3)CC1. The van der Waals surface area contributed by atoms with Crippen LogP contribution in [0.4, 0.5) is 5.69 Å². The Kier molecular flexibility index (Phi) is 4.91. The van der Waals surface area contributed by atoms with E-state index in [2.05, 4.69) is 15.9 Å². The number of anilines is 1. The third-order valence-corrected chi connectivity index (χ3v) is 4.38. The molecule has 1 atom stereocenters. The number of nitrogens with zero attached hydrogens (tertiary/aromatic N) is 2. The first-order chi connectivity index (χ1) is 11.2. The fourth-order valence-electron chi connectivity index (χ4n) is 3.07. The second-order valence-corrected chi connectivity index (χ2v) is 5.75. The third-order valence-electron chi connectivity index (χ3n) is 4.38. The van der Waals surface area contributed by atoms with Crippen molar-refractivity contribution in [1.29, 1.82) is 0 Å². The first kappa shape index (κ1) is 15.9. The highest BCUT2D eigenvalue weighted by molar-refractivity contribution is 5.75. The summed E-state index contributed by atoms with van der Waals surface area (Å²) in [4.78, 5) is 16.3. The van der Waals surface area contributed by atoms with Gasteiger partial charge in [0.1, 0.15) is 19.3 Å². The number of hydrogen-bond acceptors (Lipinski definition) is 6. The van der Waals surface area contributed by atoms with Gasteiger partial charge < -0.3 is 19.1 Å². The van der Waals surface area contributed by atoms with Crippen LogP contribution in [0, 0.1) is 0 Å². The van der Waals surface area contributed by atoms with Gasteiger partial charge in [-0.15, -0.1) is 0 Å². The van der Waals surface area contributed by atoms with E-state index in [-0.39, 0.29) is 12.0 Å². The van der Waals surface area contributed by atoms with Crippen LogP contribution in [0.25, 0.3) is 0 Å². The van der Waals surface area contributed by atoms with Crippen LogP contribution in [0.1, 0.15) is 13.8 Å². The first-order valence-corrected chi connectivity index (χ1v) is 8.25. The van der Waals surface area contributed by atoms with Gasteiger partial charge in [0.05, 0.1) is 12.3 Å². The summed E-state index contributed by atoms with van der Waals surface area (Å²) in [6.07, 6.45) is 0. The molecule has 0 saturated carbocycles. The van der Waals surface area contributed by atoms with Crippen LogP contribution in [0.5, 0.6) is 11.5 Å². The molecule has 1 fully saturated rings. The summed E-state index contributed by atoms with van der Waals surface area (Å²) in [6, 6.07) is 5.81. The van der Waals surface area contributed by atoms with E-state index in [4.69, 9.17) is 14.2 Å². The minimum absolute atomic E-state index is 0.144. The van der Waals surface area contributed by atoms with Crippen LogP contribution < -0.4 is 14.4 Å². The maximum atomic E-state index is 11.9. The maximum Gasteiger partial charge on any atom is 0.323 e. The van der Waals surface area contributed by atoms with Gasteiger partial charge in [0.2, 0.25) is 0 Å². The van der Waals surface area contributed by atoms with Gasteiger partial charge in [0.25, 0.3) is 0 Å². The number of para-hydroxylation sites is 1. The number of carbonyl (C=O) groups is 1. The van der Waals surface area contributed by atoms with Gasteiger partial charge in [0.15, 0.2) is 11.5 Å². The molecule has 2 aliphatic rings. The van der Waals surface area contributed by atoms with E-state index in [1.54, 1.807) is 0 Å². The average molecular weight is 320 g/mol. The Balaban J connectivity index is 1.64. The molecule has 23 heavy (non-hydrogen) atoms. The number of fused-ring (bicyclic) bond motifs is 1. The molecule has 0 amide bonds. The molecule has 0 bridgehead atoms. The van der Waals surface area contributed by atoms with Gasteiger partial charge in [-0.2, -0.15) is 0 Å². The highest BCUT2D eigenvalue weighted by Crippen LogP contribution is 2.39. The number of benzene rings is 1. The zero-order chi connectivity index (χ0) is 16.2. The Morgan fingerprint density at radius 3 is 2.70 bits per heavy atom. The monoisotopic (exact) mass is 320 g/mol. The van der Waals surface area contributed by atoms with Crippen molar-refractivity contribution in [3.05, 3.63) is 18.2 Å². The van der Waals surface area contributed by atoms with E-state index in [0.29, 0.717) is 19.8 Å². The van der Waals surface area contributed by atoms with Crippen LogP contribution in [-0.4, -0.2) is 62.9 Å². The van der Waals surface area contributed by atoms with Gasteiger partial charge in [-0.25, -0.2) is 0 Å². The van der Waals surface area contributed by atoms with Crippen LogP contribution >= 0.6 is 0 Å². The third kappa shape index (κ3) is 3.37. The minimum Gasteiger partial charge on any atom is -0.486 e. The molecule has 0 radical (unpaired) electrons. The number of piperazine rings is 1. The van der Waals surface area contributed by atoms with E-state index >= 15 is 0 Å². The summed E-state index contributed by atoms with van der Waals surface area (Å²) in [5, 5.41) is 0. The normalized spacial score (nSPS) is 19.3. The molecule has 6 nitrogen and oxygen atoms in total. The van der Waals surface area contributed by atoms with E-state index < -0.39 is 0 Å². The van der Waals surface area contributed by atoms with Crippen molar-refractivity contribution in [2.75, 3.05) is 50.9 Å². The molecule has 2 heterocycles. The summed E-state index contributed by atoms with van der Waals surface area (Å²) in [5.41, 5.74) is 1.07. The van der Waals surface area contributed by atoms with E-state index in [0.717, 1.165) is 43.4 Å². The Morgan fingerprint density at radius 1 is 1.22 bits per heavy atom. The predicted molar refractivity (Wildman–Crippen MR) is 87.3 cm³/mol. The molecule has 0 N–H and O–H groups in total. The van der Waals surface area contributed by atoms with Gasteiger partial charge in [-0.05, 0) is 26.0 Å². The molecule has 1 aromatic rings. The second kappa shape index (κ2) is 7.08. The van der Waals surface area contributed by atoms with Crippen molar-refractivity contribution in [2.24, 2.45) is 0 Å². The lowest BCUT2D eigenvalue weighted by Gasteiger charge is -2.39. The summed E-state index contributed by atoms with van der Waals surface area (Å²) >= 11 is 0. The number of rotatable bonds is 4. The average Bonchev–Trinajstić information content (AvgIpc) is 2.61. The largest absolute Gasteiger partial charge is 0.486 e. The molecule has 1 saturated heterocycles. The molecule has 0 aromatic heterocycles. The summed E-state index contributed by atoms with van der Waals surface area (Å²) < 4.78 is 16.6. The van der Waals surface area contributed by atoms with E-state index in [1.807, 2.05) is 26.0 Å². The number of carbonyl (C=O) groups excluding carboxylic acids is 1. The van der Waals surface area contributed by atoms with Gasteiger partial charge in [-0.3, -0.25) is 9.69 Å². The molecule has 0 spiro atoms. The van der Waals surface area contributed by atoms with Crippen LogP contribution in [0.2, 0.25) is 0 Å². The lowest BCUT2D eigenvalue weighted by atomic mass is 10.2. The molecular formula is C17H24N2O4. The molecule has 1 unspecified atom stereocenters. The van der Waals surface area contributed by atoms with Crippen molar-refractivity contribution < 1.29 is 19.0 Å². The van der Waals surface area contributed by atoms with Crippen molar-refractivity contribution in [1.82, 2.24) is 4.90 Å². The van der Waals surface area contributed by atoms with Crippen molar-refractivity contribution in [2.45, 2.75) is 19.9 Å². The second-order valence-electron chi connectivity index (χ2n) is 5.75. The molecule has 1 aromatic carbocycles. The smallest absolute Gasteiger partial charge is 0.323 e. The van der Waals surface area contributed by atoms with Crippen molar-refractivity contribution in [3.63, 3.8) is 0 Å². The molecule has 6 heteroatoms. The van der Waals surface area contributed by atoms with Gasteiger partial charge in [0, 0.05) is 26.2 Å². The molecular weight excluding hydrogens is 296 g/mol. The van der Waals surface area contributed by atoms with E-state index in [9.17, 15) is 4.79 Å². The number of esters is 1. The summed E-state index contributed by atoms with van der Waals surface area (Å²) in [5.74, 6) is 1.51. The highest BCUT2D eigenvalue weighted by atomic mass is 16.6. The fourth-order valence-corrected chi connectivity index (χ4v) is 3.07. The van der Waals surface area contributed by atoms with Crippen LogP contribution in [-0.2, 0) is 9.53 Å². The number of hydrogen-bond donors (Lipinski definition) is 0. The lowest BCUT2D eigenvalue weighted by Crippen LogP contribution is -2.52. The zero-order valence-electron chi connectivity index (χ0n) is 13.8.